The first-order valence-corrected chi connectivity index (χ1v) is 7.60. The highest BCUT2D eigenvalue weighted by Crippen LogP contribution is 2.25. The lowest BCUT2D eigenvalue weighted by atomic mass is 10.2. The van der Waals surface area contributed by atoms with Crippen LogP contribution in [-0.4, -0.2) is 17.2 Å². The van der Waals surface area contributed by atoms with Crippen LogP contribution in [-0.2, 0) is 6.54 Å². The summed E-state index contributed by atoms with van der Waals surface area (Å²) in [4.78, 5) is 0. The van der Waals surface area contributed by atoms with Crippen LogP contribution in [0.25, 0.3) is 10.9 Å². The highest BCUT2D eigenvalue weighted by molar-refractivity contribution is 9.10. The van der Waals surface area contributed by atoms with Crippen LogP contribution < -0.4 is 5.32 Å². The average molecular weight is 307 g/mol. The molecule has 1 fully saturated rings. The van der Waals surface area contributed by atoms with Crippen molar-refractivity contribution in [2.75, 3.05) is 6.54 Å². The van der Waals surface area contributed by atoms with E-state index >= 15 is 0 Å². The number of benzene rings is 1. The minimum absolute atomic E-state index is 0.841. The van der Waals surface area contributed by atoms with Gasteiger partial charge in [-0.2, -0.15) is 0 Å². The molecule has 0 unspecified atom stereocenters. The topological polar surface area (TPSA) is 17.0 Å². The summed E-state index contributed by atoms with van der Waals surface area (Å²) in [6.45, 7) is 2.29. The molecular formula is C15H19BrN2. The van der Waals surface area contributed by atoms with Gasteiger partial charge in [0.1, 0.15) is 0 Å². The number of nitrogens with one attached hydrogen (secondary N) is 1. The Morgan fingerprint density at radius 2 is 2.11 bits per heavy atom. The SMILES string of the molecule is Brc1cccc2c1ccn2CCCCNC1CC1. The minimum Gasteiger partial charge on any atom is -0.347 e. The van der Waals surface area contributed by atoms with E-state index in [1.54, 1.807) is 0 Å². The highest BCUT2D eigenvalue weighted by atomic mass is 79.9. The van der Waals surface area contributed by atoms with E-state index in [4.69, 9.17) is 0 Å². The van der Waals surface area contributed by atoms with Gasteiger partial charge in [-0.15, -0.1) is 0 Å². The molecule has 1 aromatic carbocycles. The molecule has 0 saturated heterocycles. The zero-order chi connectivity index (χ0) is 12.4. The van der Waals surface area contributed by atoms with Crippen molar-refractivity contribution in [3.05, 3.63) is 34.9 Å². The molecule has 2 aromatic rings. The van der Waals surface area contributed by atoms with E-state index in [1.165, 1.54) is 47.6 Å². The Balaban J connectivity index is 1.55. The highest BCUT2D eigenvalue weighted by Gasteiger charge is 2.19. The molecule has 2 nitrogen and oxygen atoms in total. The fraction of sp³-hybridized carbons (Fsp3) is 0.467. The molecule has 0 amide bonds. The van der Waals surface area contributed by atoms with Crippen molar-refractivity contribution >= 4 is 26.8 Å². The fourth-order valence-electron chi connectivity index (χ4n) is 2.38. The predicted octanol–water partition coefficient (Wildman–Crippen LogP) is 3.94. The van der Waals surface area contributed by atoms with Gasteiger partial charge >= 0.3 is 0 Å². The minimum atomic E-state index is 0.841. The van der Waals surface area contributed by atoms with Gasteiger partial charge in [0, 0.05) is 34.2 Å². The van der Waals surface area contributed by atoms with Crippen molar-refractivity contribution in [2.45, 2.75) is 38.3 Å². The van der Waals surface area contributed by atoms with Crippen molar-refractivity contribution in [2.24, 2.45) is 0 Å². The lowest BCUT2D eigenvalue weighted by molar-refractivity contribution is 0.575. The lowest BCUT2D eigenvalue weighted by Gasteiger charge is -2.06. The summed E-state index contributed by atoms with van der Waals surface area (Å²) in [5.74, 6) is 0. The van der Waals surface area contributed by atoms with Crippen LogP contribution in [0.15, 0.2) is 34.9 Å². The molecule has 1 N–H and O–H groups in total. The molecule has 0 aliphatic heterocycles. The van der Waals surface area contributed by atoms with Gasteiger partial charge in [0.2, 0.25) is 0 Å². The van der Waals surface area contributed by atoms with E-state index in [1.807, 2.05) is 0 Å². The quantitative estimate of drug-likeness (QED) is 0.800. The van der Waals surface area contributed by atoms with Gasteiger partial charge in [0.05, 0.1) is 0 Å². The van der Waals surface area contributed by atoms with Crippen LogP contribution in [0.2, 0.25) is 0 Å². The molecule has 1 heterocycles. The summed E-state index contributed by atoms with van der Waals surface area (Å²) in [5, 5.41) is 4.88. The first-order valence-electron chi connectivity index (χ1n) is 6.81. The van der Waals surface area contributed by atoms with Crippen LogP contribution in [0.5, 0.6) is 0 Å². The molecule has 0 atom stereocenters. The smallest absolute Gasteiger partial charge is 0.0491 e. The number of hydrogen-bond donors (Lipinski definition) is 1. The number of rotatable bonds is 6. The van der Waals surface area contributed by atoms with E-state index in [0.717, 1.165) is 12.6 Å². The van der Waals surface area contributed by atoms with E-state index in [0.29, 0.717) is 0 Å². The summed E-state index contributed by atoms with van der Waals surface area (Å²) in [6.07, 6.45) is 7.48. The summed E-state index contributed by atoms with van der Waals surface area (Å²) in [6, 6.07) is 9.45. The van der Waals surface area contributed by atoms with Gasteiger partial charge in [-0.25, -0.2) is 0 Å². The molecule has 1 aliphatic carbocycles. The lowest BCUT2D eigenvalue weighted by Crippen LogP contribution is -2.17. The zero-order valence-corrected chi connectivity index (χ0v) is 12.1. The van der Waals surface area contributed by atoms with Crippen LogP contribution in [0.3, 0.4) is 0 Å². The monoisotopic (exact) mass is 306 g/mol. The average Bonchev–Trinajstić information content (AvgIpc) is 3.10. The van der Waals surface area contributed by atoms with Crippen molar-refractivity contribution < 1.29 is 0 Å². The molecule has 0 radical (unpaired) electrons. The van der Waals surface area contributed by atoms with Gasteiger partial charge in [-0.3, -0.25) is 0 Å². The first-order chi connectivity index (χ1) is 8.84. The molecule has 3 rings (SSSR count). The molecule has 1 aromatic heterocycles. The summed E-state index contributed by atoms with van der Waals surface area (Å²) >= 11 is 3.60. The summed E-state index contributed by atoms with van der Waals surface area (Å²) in [5.41, 5.74) is 1.33. The molecule has 0 spiro atoms. The Hall–Kier alpha value is -0.800. The second kappa shape index (κ2) is 5.45. The third kappa shape index (κ3) is 2.78. The molecule has 3 heteroatoms. The summed E-state index contributed by atoms with van der Waals surface area (Å²) < 4.78 is 3.55. The number of unbranched alkanes of at least 4 members (excludes halogenated alkanes) is 1. The number of aromatic nitrogens is 1. The molecule has 0 bridgehead atoms. The number of hydrogen-bond acceptors (Lipinski definition) is 1. The van der Waals surface area contributed by atoms with Crippen molar-refractivity contribution in [1.82, 2.24) is 9.88 Å². The third-order valence-electron chi connectivity index (χ3n) is 3.60. The van der Waals surface area contributed by atoms with Gasteiger partial charge in [0.15, 0.2) is 0 Å². The van der Waals surface area contributed by atoms with Crippen molar-refractivity contribution in [3.63, 3.8) is 0 Å². The fourth-order valence-corrected chi connectivity index (χ4v) is 2.87. The van der Waals surface area contributed by atoms with Gasteiger partial charge in [0.25, 0.3) is 0 Å². The molecule has 18 heavy (non-hydrogen) atoms. The van der Waals surface area contributed by atoms with Crippen LogP contribution in [0.4, 0.5) is 0 Å². The van der Waals surface area contributed by atoms with Crippen molar-refractivity contribution in [3.8, 4) is 0 Å². The summed E-state index contributed by atoms with van der Waals surface area (Å²) in [7, 11) is 0. The van der Waals surface area contributed by atoms with Crippen molar-refractivity contribution in [1.29, 1.82) is 0 Å². The van der Waals surface area contributed by atoms with Gasteiger partial charge in [-0.05, 0) is 50.4 Å². The molecule has 1 saturated carbocycles. The Morgan fingerprint density at radius 3 is 2.94 bits per heavy atom. The number of fused-ring (bicyclic) bond motifs is 1. The second-order valence-electron chi connectivity index (χ2n) is 5.12. The maximum absolute atomic E-state index is 3.60. The standard InChI is InChI=1S/C15H19BrN2/c16-14-4-3-5-15-13(14)8-11-18(15)10-2-1-9-17-12-6-7-12/h3-5,8,11-12,17H,1-2,6-7,9-10H2. The Bertz CT molecular complexity index is 528. The Morgan fingerprint density at radius 1 is 1.22 bits per heavy atom. The van der Waals surface area contributed by atoms with Gasteiger partial charge < -0.3 is 9.88 Å². The predicted molar refractivity (Wildman–Crippen MR) is 79.9 cm³/mol. The molecule has 1 aliphatic rings. The number of aryl methyl sites for hydroxylation is 1. The van der Waals surface area contributed by atoms with E-state index in [-0.39, 0.29) is 0 Å². The van der Waals surface area contributed by atoms with Crippen LogP contribution in [0.1, 0.15) is 25.7 Å². The Kier molecular flexibility index (Phi) is 3.71. The van der Waals surface area contributed by atoms with E-state index < -0.39 is 0 Å². The van der Waals surface area contributed by atoms with Crippen LogP contribution >= 0.6 is 15.9 Å². The molecular weight excluding hydrogens is 288 g/mol. The normalized spacial score (nSPS) is 15.4. The third-order valence-corrected chi connectivity index (χ3v) is 4.29. The second-order valence-corrected chi connectivity index (χ2v) is 5.97. The number of nitrogens with zero attached hydrogens (tertiary/aromatic N) is 1. The zero-order valence-electron chi connectivity index (χ0n) is 10.5. The maximum Gasteiger partial charge on any atom is 0.0491 e. The van der Waals surface area contributed by atoms with Gasteiger partial charge in [-0.1, -0.05) is 22.0 Å². The Labute approximate surface area is 116 Å². The van der Waals surface area contributed by atoms with E-state index in [2.05, 4.69) is 56.3 Å². The molecule has 96 valence electrons. The van der Waals surface area contributed by atoms with Crippen LogP contribution in [0, 0.1) is 0 Å². The largest absolute Gasteiger partial charge is 0.347 e. The first kappa shape index (κ1) is 12.2. The van der Waals surface area contributed by atoms with E-state index in [9.17, 15) is 0 Å². The maximum atomic E-state index is 3.60. The number of halogens is 1.